The zero-order chi connectivity index (χ0) is 21.8. The maximum atomic E-state index is 12.7. The second-order valence-corrected chi connectivity index (χ2v) is 7.95. The first-order valence-electron chi connectivity index (χ1n) is 10.3. The van der Waals surface area contributed by atoms with E-state index in [0.717, 1.165) is 24.2 Å². The van der Waals surface area contributed by atoms with Crippen LogP contribution in [0.3, 0.4) is 0 Å². The van der Waals surface area contributed by atoms with E-state index in [0.29, 0.717) is 46.3 Å². The van der Waals surface area contributed by atoms with Gasteiger partial charge in [-0.15, -0.1) is 0 Å². The third kappa shape index (κ3) is 4.81. The molecule has 0 spiro atoms. The van der Waals surface area contributed by atoms with Crippen molar-refractivity contribution in [3.63, 3.8) is 0 Å². The summed E-state index contributed by atoms with van der Waals surface area (Å²) in [6, 6.07) is 9.09. The van der Waals surface area contributed by atoms with Gasteiger partial charge in [0.25, 0.3) is 5.56 Å². The molecule has 0 radical (unpaired) electrons. The van der Waals surface area contributed by atoms with E-state index in [1.165, 1.54) is 19.2 Å². The van der Waals surface area contributed by atoms with Crippen LogP contribution in [0, 0.1) is 5.92 Å². The highest BCUT2D eigenvalue weighted by Crippen LogP contribution is 2.32. The van der Waals surface area contributed by atoms with Crippen molar-refractivity contribution in [2.24, 2.45) is 11.7 Å². The Morgan fingerprint density at radius 2 is 1.90 bits per heavy atom. The molecule has 1 aromatic carbocycles. The summed E-state index contributed by atoms with van der Waals surface area (Å²) >= 11 is 6.16. The smallest absolute Gasteiger partial charge is 0.262 e. The van der Waals surface area contributed by atoms with Crippen LogP contribution in [-0.2, 0) is 13.0 Å². The highest BCUT2D eigenvalue weighted by atomic mass is 35.5. The topological polar surface area (TPSA) is 126 Å². The van der Waals surface area contributed by atoms with E-state index in [2.05, 4.69) is 19.9 Å². The zero-order valence-electron chi connectivity index (χ0n) is 17.0. The molecule has 0 amide bonds. The third-order valence-electron chi connectivity index (χ3n) is 5.19. The maximum absolute atomic E-state index is 12.7. The van der Waals surface area contributed by atoms with Gasteiger partial charge in [0.2, 0.25) is 0 Å². The third-order valence-corrected chi connectivity index (χ3v) is 5.50. The largest absolute Gasteiger partial charge is 0.382 e. The standard InChI is InChI=1S/C15H18ClN3O.C7H6N4/c16-11-3-1-4-12-14(11)15(20)19(8-2-7-17)13(18-12)9-10-5-6-10;8-7-6-5(10-4-11-7)2-1-3-9-6/h1,3-4,10H,2,5-9,17H2;1-4H,(H2,8,10,11). The van der Waals surface area contributed by atoms with Gasteiger partial charge in [0, 0.05) is 19.2 Å². The summed E-state index contributed by atoms with van der Waals surface area (Å²) in [4.78, 5) is 29.2. The number of pyridine rings is 1. The van der Waals surface area contributed by atoms with Gasteiger partial charge < -0.3 is 11.5 Å². The number of nitrogens with two attached hydrogens (primary N) is 2. The number of rotatable bonds is 5. The van der Waals surface area contributed by atoms with Gasteiger partial charge in [-0.05, 0) is 56.0 Å². The predicted molar refractivity (Wildman–Crippen MR) is 123 cm³/mol. The van der Waals surface area contributed by atoms with Crippen LogP contribution < -0.4 is 17.0 Å². The molecule has 160 valence electrons. The van der Waals surface area contributed by atoms with Gasteiger partial charge in [-0.1, -0.05) is 17.7 Å². The fraction of sp³-hybridized carbons (Fsp3) is 0.318. The summed E-state index contributed by atoms with van der Waals surface area (Å²) in [5, 5.41) is 0.991. The average molecular weight is 438 g/mol. The van der Waals surface area contributed by atoms with Gasteiger partial charge in [0.1, 0.15) is 17.7 Å². The Kier molecular flexibility index (Phi) is 6.39. The highest BCUT2D eigenvalue weighted by Gasteiger charge is 2.24. The molecular formula is C22H24ClN7O. The van der Waals surface area contributed by atoms with Gasteiger partial charge in [0.05, 0.1) is 21.4 Å². The van der Waals surface area contributed by atoms with Crippen LogP contribution in [0.1, 0.15) is 25.1 Å². The van der Waals surface area contributed by atoms with Crippen molar-refractivity contribution < 1.29 is 0 Å². The number of aromatic nitrogens is 5. The van der Waals surface area contributed by atoms with E-state index < -0.39 is 0 Å². The summed E-state index contributed by atoms with van der Waals surface area (Å²) in [5.74, 6) is 1.99. The Morgan fingerprint density at radius 1 is 1.10 bits per heavy atom. The molecule has 0 aliphatic heterocycles. The molecule has 1 aliphatic carbocycles. The van der Waals surface area contributed by atoms with Gasteiger partial charge in [0.15, 0.2) is 5.82 Å². The summed E-state index contributed by atoms with van der Waals surface area (Å²) in [6.45, 7) is 1.18. The molecule has 1 aliphatic rings. The van der Waals surface area contributed by atoms with Crippen LogP contribution >= 0.6 is 11.6 Å². The molecule has 0 atom stereocenters. The average Bonchev–Trinajstić information content (AvgIpc) is 3.58. The Balaban J connectivity index is 0.000000177. The monoisotopic (exact) mass is 437 g/mol. The van der Waals surface area contributed by atoms with Crippen molar-refractivity contribution in [1.29, 1.82) is 0 Å². The Morgan fingerprint density at radius 3 is 2.65 bits per heavy atom. The highest BCUT2D eigenvalue weighted by molar-refractivity contribution is 6.35. The molecular weight excluding hydrogens is 414 g/mol. The number of hydrogen-bond acceptors (Lipinski definition) is 7. The number of halogens is 1. The molecule has 1 saturated carbocycles. The molecule has 1 fully saturated rings. The molecule has 0 bridgehead atoms. The van der Waals surface area contributed by atoms with E-state index in [-0.39, 0.29) is 5.56 Å². The Hall–Kier alpha value is -3.10. The lowest BCUT2D eigenvalue weighted by Crippen LogP contribution is -2.27. The van der Waals surface area contributed by atoms with E-state index in [4.69, 9.17) is 23.1 Å². The van der Waals surface area contributed by atoms with E-state index >= 15 is 0 Å². The SMILES string of the molecule is NCCCn1c(CC2CC2)nc2cccc(Cl)c2c1=O.Nc1ncnc2cccnc12. The summed E-state index contributed by atoms with van der Waals surface area (Å²) in [7, 11) is 0. The normalized spacial score (nSPS) is 13.2. The van der Waals surface area contributed by atoms with Crippen molar-refractivity contribution in [3.05, 3.63) is 64.1 Å². The molecule has 3 aromatic heterocycles. The van der Waals surface area contributed by atoms with Crippen LogP contribution in [0.5, 0.6) is 0 Å². The first kappa shape index (κ1) is 21.1. The first-order valence-corrected chi connectivity index (χ1v) is 10.7. The maximum Gasteiger partial charge on any atom is 0.262 e. The summed E-state index contributed by atoms with van der Waals surface area (Å²) in [6.07, 6.45) is 7.22. The van der Waals surface area contributed by atoms with Crippen LogP contribution in [0.4, 0.5) is 5.82 Å². The van der Waals surface area contributed by atoms with Crippen LogP contribution in [0.25, 0.3) is 21.9 Å². The molecule has 4 aromatic rings. The van der Waals surface area contributed by atoms with Crippen LogP contribution in [-0.4, -0.2) is 31.0 Å². The van der Waals surface area contributed by atoms with E-state index in [9.17, 15) is 4.79 Å². The minimum absolute atomic E-state index is 0.0373. The molecule has 0 unspecified atom stereocenters. The summed E-state index contributed by atoms with van der Waals surface area (Å²) < 4.78 is 1.76. The Labute approximate surface area is 184 Å². The molecule has 5 rings (SSSR count). The number of benzene rings is 1. The quantitative estimate of drug-likeness (QED) is 0.491. The lowest BCUT2D eigenvalue weighted by Gasteiger charge is -2.13. The second kappa shape index (κ2) is 9.36. The number of nitrogen functional groups attached to an aromatic ring is 1. The molecule has 3 heterocycles. The number of anilines is 1. The van der Waals surface area contributed by atoms with Crippen molar-refractivity contribution >= 4 is 39.4 Å². The lowest BCUT2D eigenvalue weighted by atomic mass is 10.2. The van der Waals surface area contributed by atoms with Gasteiger partial charge in [-0.2, -0.15) is 0 Å². The first-order chi connectivity index (χ1) is 15.1. The number of fused-ring (bicyclic) bond motifs is 2. The number of nitrogens with zero attached hydrogens (tertiary/aromatic N) is 5. The summed E-state index contributed by atoms with van der Waals surface area (Å²) in [5.41, 5.74) is 13.2. The number of hydrogen-bond donors (Lipinski definition) is 2. The van der Waals surface area contributed by atoms with Crippen molar-refractivity contribution in [2.75, 3.05) is 12.3 Å². The minimum atomic E-state index is -0.0373. The lowest BCUT2D eigenvalue weighted by molar-refractivity contribution is 0.575. The molecule has 4 N–H and O–H groups in total. The van der Waals surface area contributed by atoms with Gasteiger partial charge >= 0.3 is 0 Å². The minimum Gasteiger partial charge on any atom is -0.382 e. The van der Waals surface area contributed by atoms with Gasteiger partial charge in [-0.25, -0.2) is 15.0 Å². The second-order valence-electron chi connectivity index (χ2n) is 7.54. The van der Waals surface area contributed by atoms with Gasteiger partial charge in [-0.3, -0.25) is 14.3 Å². The van der Waals surface area contributed by atoms with Crippen molar-refractivity contribution in [1.82, 2.24) is 24.5 Å². The van der Waals surface area contributed by atoms with Crippen LogP contribution in [0.2, 0.25) is 5.02 Å². The van der Waals surface area contributed by atoms with E-state index in [1.54, 1.807) is 16.8 Å². The van der Waals surface area contributed by atoms with E-state index in [1.807, 2.05) is 24.3 Å². The Bertz CT molecular complexity index is 1260. The van der Waals surface area contributed by atoms with Crippen molar-refractivity contribution in [3.8, 4) is 0 Å². The fourth-order valence-corrected chi connectivity index (χ4v) is 3.65. The fourth-order valence-electron chi connectivity index (χ4n) is 3.40. The van der Waals surface area contributed by atoms with Crippen molar-refractivity contribution in [2.45, 2.75) is 32.2 Å². The zero-order valence-corrected chi connectivity index (χ0v) is 17.8. The molecule has 9 heteroatoms. The molecule has 0 saturated heterocycles. The molecule has 8 nitrogen and oxygen atoms in total. The molecule has 31 heavy (non-hydrogen) atoms. The van der Waals surface area contributed by atoms with Crippen LogP contribution in [0.15, 0.2) is 47.7 Å². The predicted octanol–water partition coefficient (Wildman–Crippen LogP) is 2.96.